The van der Waals surface area contributed by atoms with Crippen molar-refractivity contribution < 1.29 is 32.5 Å². The Kier molecular flexibility index (Phi) is 6.90. The van der Waals surface area contributed by atoms with E-state index in [9.17, 15) is 0 Å². The van der Waals surface area contributed by atoms with Gasteiger partial charge in [0.25, 0.3) is 0 Å². The molecule has 0 atom stereocenters. The molecule has 146 valence electrons. The number of hydrogen-bond acceptors (Lipinski definition) is 6. The molecule has 4 aromatic heterocycles. The molecule has 0 aliphatic rings. The summed E-state index contributed by atoms with van der Waals surface area (Å²) in [5.74, 6) is 0. The number of halogens is 1. The van der Waals surface area contributed by atoms with Gasteiger partial charge in [0.15, 0.2) is 0 Å². The predicted molar refractivity (Wildman–Crippen MR) is 107 cm³/mol. The van der Waals surface area contributed by atoms with E-state index in [2.05, 4.69) is 42.0 Å². The molecule has 0 amide bonds. The van der Waals surface area contributed by atoms with Gasteiger partial charge in [-0.15, -0.1) is 24.3 Å². The number of benzene rings is 2. The van der Waals surface area contributed by atoms with Crippen molar-refractivity contribution in [2.75, 3.05) is 0 Å². The minimum absolute atomic E-state index is 0. The molecule has 6 rings (SSSR count). The maximum atomic E-state index is 4.24. The molecule has 8 heteroatoms. The average Bonchev–Trinajstić information content (AvgIpc) is 2.79. The molecule has 6 nitrogen and oxygen atoms in total. The molecule has 0 saturated carbocycles. The Morgan fingerprint density at radius 3 is 1.53 bits per heavy atom. The third-order valence-electron chi connectivity index (χ3n) is 4.34. The first-order valence-corrected chi connectivity index (χ1v) is 8.60. The average molecular weight is 588 g/mol. The Labute approximate surface area is 191 Å². The summed E-state index contributed by atoms with van der Waals surface area (Å²) in [6.07, 6.45) is 10.1. The number of rotatable bonds is 0. The zero-order valence-corrected chi connectivity index (χ0v) is 18.5. The van der Waals surface area contributed by atoms with Gasteiger partial charge >= 0.3 is 20.1 Å². The minimum atomic E-state index is 0. The Morgan fingerprint density at radius 2 is 1.07 bits per heavy atom. The van der Waals surface area contributed by atoms with E-state index in [1.54, 1.807) is 49.6 Å². The number of fused-ring (bicyclic) bond motifs is 6. The van der Waals surface area contributed by atoms with Crippen LogP contribution in [0.4, 0.5) is 0 Å². The standard InChI is InChI=1S/2C11H6N3.ClH.Ir/c2*1-2-9-10(13-5-1)4-3-8-6-12-7-14-11(8)9;;/h2*1,3-7H;1H;/q2*-1;;+3/p-1. The fraction of sp³-hybridized carbons (Fsp3) is 0. The molecule has 0 saturated heterocycles. The second-order valence-corrected chi connectivity index (χ2v) is 6.02. The van der Waals surface area contributed by atoms with Gasteiger partial charge in [0.2, 0.25) is 0 Å². The normalized spacial score (nSPS) is 10.1. The first-order valence-electron chi connectivity index (χ1n) is 8.60. The molecule has 30 heavy (non-hydrogen) atoms. The first-order chi connectivity index (χ1) is 13.9. The van der Waals surface area contributed by atoms with Gasteiger partial charge in [-0.1, -0.05) is 47.4 Å². The molecule has 4 heterocycles. The summed E-state index contributed by atoms with van der Waals surface area (Å²) in [6.45, 7) is 0. The Bertz CT molecular complexity index is 1220. The van der Waals surface area contributed by atoms with Gasteiger partial charge in [-0.05, 0) is 21.8 Å². The van der Waals surface area contributed by atoms with E-state index in [0.29, 0.717) is 0 Å². The monoisotopic (exact) mass is 588 g/mol. The van der Waals surface area contributed by atoms with Crippen molar-refractivity contribution in [2.45, 2.75) is 0 Å². The van der Waals surface area contributed by atoms with E-state index in [-0.39, 0.29) is 32.5 Å². The summed E-state index contributed by atoms with van der Waals surface area (Å²) in [5, 5.41) is 3.94. The molecule has 6 aromatic rings. The van der Waals surface area contributed by atoms with Gasteiger partial charge < -0.3 is 22.4 Å². The Balaban J connectivity index is 0.000000160. The molecule has 2 aromatic carbocycles. The summed E-state index contributed by atoms with van der Waals surface area (Å²) in [7, 11) is 0. The van der Waals surface area contributed by atoms with Crippen LogP contribution in [0.1, 0.15) is 0 Å². The SMILES string of the molecule is [Cl-].[Ir+3].[c-]1ccnc2ccc3cncnc3c12.[c-]1ccnc2ccc3cncnc3c12. The first kappa shape index (κ1) is 21.6. The maximum absolute atomic E-state index is 4.24. The molecular formula is C22H12ClIrN6. The summed E-state index contributed by atoms with van der Waals surface area (Å²) in [4.78, 5) is 24.9. The van der Waals surface area contributed by atoms with Crippen molar-refractivity contribution in [3.8, 4) is 0 Å². The Morgan fingerprint density at radius 1 is 0.600 bits per heavy atom. The van der Waals surface area contributed by atoms with E-state index in [1.165, 1.54) is 0 Å². The Hall–Kier alpha value is -3.12. The van der Waals surface area contributed by atoms with Gasteiger partial charge in [0.05, 0.1) is 0 Å². The van der Waals surface area contributed by atoms with Crippen molar-refractivity contribution in [3.05, 3.63) is 86.0 Å². The number of nitrogens with zero attached hydrogens (tertiary/aromatic N) is 6. The molecule has 0 aliphatic heterocycles. The summed E-state index contributed by atoms with van der Waals surface area (Å²) < 4.78 is 0. The van der Waals surface area contributed by atoms with Gasteiger partial charge in [0.1, 0.15) is 12.7 Å². The van der Waals surface area contributed by atoms with E-state index in [0.717, 1.165) is 43.6 Å². The van der Waals surface area contributed by atoms with E-state index >= 15 is 0 Å². The summed E-state index contributed by atoms with van der Waals surface area (Å²) in [6, 6.07) is 17.7. The van der Waals surface area contributed by atoms with Crippen molar-refractivity contribution in [3.63, 3.8) is 0 Å². The maximum Gasteiger partial charge on any atom is 3.00 e. The van der Waals surface area contributed by atoms with Crippen LogP contribution < -0.4 is 12.4 Å². The summed E-state index contributed by atoms with van der Waals surface area (Å²) >= 11 is 0. The molecule has 0 bridgehead atoms. The van der Waals surface area contributed by atoms with Gasteiger partial charge in [-0.3, -0.25) is 9.97 Å². The van der Waals surface area contributed by atoms with E-state index in [1.807, 2.05) is 24.3 Å². The fourth-order valence-corrected chi connectivity index (χ4v) is 3.07. The van der Waals surface area contributed by atoms with Crippen LogP contribution in [0.15, 0.2) is 73.8 Å². The zero-order valence-electron chi connectivity index (χ0n) is 15.3. The van der Waals surface area contributed by atoms with Crippen LogP contribution >= 0.6 is 0 Å². The van der Waals surface area contributed by atoms with Crippen LogP contribution in [0.25, 0.3) is 43.6 Å². The van der Waals surface area contributed by atoms with Crippen LogP contribution in [0, 0.1) is 12.1 Å². The minimum Gasteiger partial charge on any atom is -1.00 e. The van der Waals surface area contributed by atoms with Crippen LogP contribution in [0.3, 0.4) is 0 Å². The third-order valence-corrected chi connectivity index (χ3v) is 4.34. The molecule has 0 N–H and O–H groups in total. The largest absolute Gasteiger partial charge is 3.00 e. The molecular weight excluding hydrogens is 576 g/mol. The quantitative estimate of drug-likeness (QED) is 0.195. The molecule has 0 spiro atoms. The van der Waals surface area contributed by atoms with Gasteiger partial charge in [-0.2, -0.15) is 0 Å². The van der Waals surface area contributed by atoms with Crippen molar-refractivity contribution >= 4 is 43.6 Å². The molecule has 0 unspecified atom stereocenters. The smallest absolute Gasteiger partial charge is 1.00 e. The second-order valence-electron chi connectivity index (χ2n) is 6.02. The molecule has 0 aliphatic carbocycles. The van der Waals surface area contributed by atoms with Crippen molar-refractivity contribution in [2.24, 2.45) is 0 Å². The molecule has 0 radical (unpaired) electrons. The van der Waals surface area contributed by atoms with Crippen LogP contribution in [0.5, 0.6) is 0 Å². The van der Waals surface area contributed by atoms with Crippen LogP contribution in [-0.4, -0.2) is 29.9 Å². The van der Waals surface area contributed by atoms with Gasteiger partial charge in [0, 0.05) is 23.4 Å². The van der Waals surface area contributed by atoms with E-state index < -0.39 is 0 Å². The number of pyridine rings is 2. The van der Waals surface area contributed by atoms with Crippen LogP contribution in [0.2, 0.25) is 0 Å². The zero-order chi connectivity index (χ0) is 18.8. The number of aromatic nitrogens is 6. The fourth-order valence-electron chi connectivity index (χ4n) is 3.07. The topological polar surface area (TPSA) is 77.3 Å². The van der Waals surface area contributed by atoms with E-state index in [4.69, 9.17) is 0 Å². The predicted octanol–water partition coefficient (Wildman–Crippen LogP) is 0.958. The van der Waals surface area contributed by atoms with Gasteiger partial charge in [-0.25, -0.2) is 9.97 Å². The second kappa shape index (κ2) is 9.59. The number of hydrogen-bond donors (Lipinski definition) is 0. The molecule has 0 fully saturated rings. The van der Waals surface area contributed by atoms with Crippen molar-refractivity contribution in [1.82, 2.24) is 29.9 Å². The van der Waals surface area contributed by atoms with Crippen LogP contribution in [-0.2, 0) is 20.1 Å². The summed E-state index contributed by atoms with van der Waals surface area (Å²) in [5.41, 5.74) is 3.65. The van der Waals surface area contributed by atoms with Crippen molar-refractivity contribution in [1.29, 1.82) is 0 Å². The third kappa shape index (κ3) is 4.09.